The van der Waals surface area contributed by atoms with Crippen molar-refractivity contribution in [3.63, 3.8) is 0 Å². The van der Waals surface area contributed by atoms with E-state index in [0.29, 0.717) is 11.4 Å². The van der Waals surface area contributed by atoms with Crippen molar-refractivity contribution in [1.29, 1.82) is 0 Å². The van der Waals surface area contributed by atoms with E-state index >= 15 is 0 Å². The summed E-state index contributed by atoms with van der Waals surface area (Å²) in [7, 11) is 1.97. The number of aromatic hydroxyl groups is 1. The van der Waals surface area contributed by atoms with Crippen LogP contribution in [-0.4, -0.2) is 38.3 Å². The molecule has 0 spiro atoms. The molecule has 1 aliphatic heterocycles. The molecule has 2 heterocycles. The van der Waals surface area contributed by atoms with E-state index in [1.165, 1.54) is 24.1 Å². The maximum atomic E-state index is 13.4. The molecule has 1 saturated heterocycles. The maximum Gasteiger partial charge on any atom is 0.274 e. The Morgan fingerprint density at radius 3 is 2.93 bits per heavy atom. The molecule has 1 N–H and O–H groups in total. The van der Waals surface area contributed by atoms with Gasteiger partial charge in [0.25, 0.3) is 5.91 Å². The van der Waals surface area contributed by atoms with Gasteiger partial charge in [-0.3, -0.25) is 9.48 Å². The van der Waals surface area contributed by atoms with Gasteiger partial charge < -0.3 is 10.0 Å². The van der Waals surface area contributed by atoms with Crippen LogP contribution >= 0.6 is 0 Å². The van der Waals surface area contributed by atoms with Gasteiger partial charge in [-0.1, -0.05) is 12.1 Å². The van der Waals surface area contributed by atoms with Gasteiger partial charge in [0, 0.05) is 30.9 Å². The molecule has 1 aromatic heterocycles. The van der Waals surface area contributed by atoms with Crippen LogP contribution in [0.15, 0.2) is 24.3 Å². The molecule has 0 radical (unpaired) electrons. The average molecular weight is 367 g/mol. The number of phenols is 1. The van der Waals surface area contributed by atoms with Gasteiger partial charge in [0.1, 0.15) is 5.75 Å². The fourth-order valence-corrected chi connectivity index (χ4v) is 4.69. The first kappa shape index (κ1) is 18.1. The molecule has 0 bridgehead atoms. The van der Waals surface area contributed by atoms with E-state index < -0.39 is 0 Å². The van der Waals surface area contributed by atoms with Gasteiger partial charge >= 0.3 is 0 Å². The maximum absolute atomic E-state index is 13.4. The lowest BCUT2D eigenvalue weighted by atomic mass is 9.93. The zero-order valence-electron chi connectivity index (χ0n) is 16.2. The van der Waals surface area contributed by atoms with Crippen molar-refractivity contribution in [2.45, 2.75) is 63.8 Å². The monoisotopic (exact) mass is 367 g/mol. The Kier molecular flexibility index (Phi) is 5.19. The van der Waals surface area contributed by atoms with E-state index in [9.17, 15) is 9.90 Å². The lowest BCUT2D eigenvalue weighted by molar-refractivity contribution is 0.0593. The van der Waals surface area contributed by atoms with Crippen LogP contribution in [-0.2, 0) is 26.3 Å². The largest absolute Gasteiger partial charge is 0.508 e. The van der Waals surface area contributed by atoms with Crippen LogP contribution in [0.5, 0.6) is 5.75 Å². The number of aryl methyl sites for hydroxylation is 2. The van der Waals surface area contributed by atoms with Crippen LogP contribution in [0, 0.1) is 0 Å². The minimum absolute atomic E-state index is 0.120. The minimum Gasteiger partial charge on any atom is -0.508 e. The molecule has 144 valence electrons. The molecule has 1 amide bonds. The molecule has 5 nitrogen and oxygen atoms in total. The quantitative estimate of drug-likeness (QED) is 0.898. The van der Waals surface area contributed by atoms with E-state index in [1.54, 1.807) is 6.07 Å². The van der Waals surface area contributed by atoms with Crippen molar-refractivity contribution in [3.05, 3.63) is 46.8 Å². The van der Waals surface area contributed by atoms with Crippen LogP contribution in [0.4, 0.5) is 0 Å². The smallest absolute Gasteiger partial charge is 0.274 e. The number of nitrogens with zero attached hydrogens (tertiary/aromatic N) is 3. The molecule has 2 aromatic rings. The van der Waals surface area contributed by atoms with Gasteiger partial charge in [0.15, 0.2) is 5.69 Å². The molecule has 1 fully saturated rings. The van der Waals surface area contributed by atoms with E-state index in [4.69, 9.17) is 0 Å². The van der Waals surface area contributed by atoms with Gasteiger partial charge in [0.2, 0.25) is 0 Å². The second-order valence-electron chi connectivity index (χ2n) is 7.96. The fourth-order valence-electron chi connectivity index (χ4n) is 4.69. The summed E-state index contributed by atoms with van der Waals surface area (Å²) >= 11 is 0. The standard InChI is InChI=1S/C22H29N3O2/c1-24-20-11-3-2-10-19(20)21(23-24)22(27)25-14-5-4-8-17(25)13-12-16-7-6-9-18(26)15-16/h6-7,9,15,17,26H,2-5,8,10-14H2,1H3/t17-/m1/s1. The average Bonchev–Trinajstić information content (AvgIpc) is 3.03. The number of benzene rings is 1. The first-order chi connectivity index (χ1) is 13.1. The highest BCUT2D eigenvalue weighted by atomic mass is 16.3. The number of aromatic nitrogens is 2. The van der Waals surface area contributed by atoms with Gasteiger partial charge in [-0.05, 0) is 75.5 Å². The van der Waals surface area contributed by atoms with Crippen molar-refractivity contribution in [1.82, 2.24) is 14.7 Å². The number of rotatable bonds is 4. The number of phenolic OH excluding ortho intramolecular Hbond substituents is 1. The molecule has 27 heavy (non-hydrogen) atoms. The van der Waals surface area contributed by atoms with Gasteiger partial charge in [-0.2, -0.15) is 5.10 Å². The highest BCUT2D eigenvalue weighted by Gasteiger charge is 2.32. The molecular weight excluding hydrogens is 338 g/mol. The Morgan fingerprint density at radius 2 is 2.07 bits per heavy atom. The SMILES string of the molecule is Cn1nc(C(=O)N2CCCC[C@@H]2CCc2cccc(O)c2)c2c1CCCC2. The summed E-state index contributed by atoms with van der Waals surface area (Å²) in [6.07, 6.45) is 9.47. The predicted octanol–water partition coefficient (Wildman–Crippen LogP) is 3.63. The zero-order chi connectivity index (χ0) is 18.8. The van der Waals surface area contributed by atoms with E-state index in [2.05, 4.69) is 10.00 Å². The number of hydrogen-bond donors (Lipinski definition) is 1. The van der Waals surface area contributed by atoms with Crippen molar-refractivity contribution in [3.8, 4) is 5.75 Å². The van der Waals surface area contributed by atoms with Crippen molar-refractivity contribution in [2.75, 3.05) is 6.54 Å². The third-order valence-corrected chi connectivity index (χ3v) is 6.13. The number of likely N-dealkylation sites (tertiary alicyclic amines) is 1. The van der Waals surface area contributed by atoms with Gasteiger partial charge in [-0.25, -0.2) is 0 Å². The Hall–Kier alpha value is -2.30. The highest BCUT2D eigenvalue weighted by Crippen LogP contribution is 2.28. The third kappa shape index (κ3) is 3.73. The molecular formula is C22H29N3O2. The molecule has 2 aliphatic rings. The van der Waals surface area contributed by atoms with Crippen LogP contribution in [0.1, 0.15) is 65.8 Å². The molecule has 1 aliphatic carbocycles. The minimum atomic E-state index is 0.120. The molecule has 1 aromatic carbocycles. The van der Waals surface area contributed by atoms with Crippen LogP contribution < -0.4 is 0 Å². The van der Waals surface area contributed by atoms with Gasteiger partial charge in [0.05, 0.1) is 0 Å². The van der Waals surface area contributed by atoms with Gasteiger partial charge in [-0.15, -0.1) is 0 Å². The normalized spacial score (nSPS) is 19.7. The van der Waals surface area contributed by atoms with Crippen molar-refractivity contribution >= 4 is 5.91 Å². The summed E-state index contributed by atoms with van der Waals surface area (Å²) in [5, 5.41) is 14.3. The summed E-state index contributed by atoms with van der Waals surface area (Å²) in [6.45, 7) is 0.828. The Morgan fingerprint density at radius 1 is 1.22 bits per heavy atom. The topological polar surface area (TPSA) is 58.4 Å². The number of fused-ring (bicyclic) bond motifs is 1. The Bertz CT molecular complexity index is 827. The predicted molar refractivity (Wildman–Crippen MR) is 105 cm³/mol. The highest BCUT2D eigenvalue weighted by molar-refractivity contribution is 5.94. The summed E-state index contributed by atoms with van der Waals surface area (Å²) in [6, 6.07) is 7.71. The van der Waals surface area contributed by atoms with Crippen LogP contribution in [0.2, 0.25) is 0 Å². The van der Waals surface area contributed by atoms with Crippen molar-refractivity contribution in [2.24, 2.45) is 7.05 Å². The first-order valence-electron chi connectivity index (χ1n) is 10.3. The molecule has 1 atom stereocenters. The Balaban J connectivity index is 1.51. The molecule has 4 rings (SSSR count). The number of amides is 1. The van der Waals surface area contributed by atoms with Crippen LogP contribution in [0.25, 0.3) is 0 Å². The number of carbonyl (C=O) groups is 1. The molecule has 0 unspecified atom stereocenters. The van der Waals surface area contributed by atoms with Crippen LogP contribution in [0.3, 0.4) is 0 Å². The Labute approximate surface area is 161 Å². The van der Waals surface area contributed by atoms with E-state index in [-0.39, 0.29) is 11.9 Å². The molecule has 5 heteroatoms. The second kappa shape index (κ2) is 7.75. The molecule has 0 saturated carbocycles. The number of carbonyl (C=O) groups excluding carboxylic acids is 1. The fraction of sp³-hybridized carbons (Fsp3) is 0.545. The summed E-state index contributed by atoms with van der Waals surface area (Å²) < 4.78 is 1.92. The lowest BCUT2D eigenvalue weighted by Gasteiger charge is -2.36. The second-order valence-corrected chi connectivity index (χ2v) is 7.96. The van der Waals surface area contributed by atoms with E-state index in [0.717, 1.165) is 57.1 Å². The third-order valence-electron chi connectivity index (χ3n) is 6.13. The summed E-state index contributed by atoms with van der Waals surface area (Å²) in [5.41, 5.74) is 4.25. The van der Waals surface area contributed by atoms with Crippen molar-refractivity contribution < 1.29 is 9.90 Å². The first-order valence-corrected chi connectivity index (χ1v) is 10.3. The number of hydrogen-bond acceptors (Lipinski definition) is 3. The zero-order valence-corrected chi connectivity index (χ0v) is 16.2. The number of piperidine rings is 1. The summed E-state index contributed by atoms with van der Waals surface area (Å²) in [5.74, 6) is 0.429. The van der Waals surface area contributed by atoms with E-state index in [1.807, 2.05) is 29.9 Å². The lowest BCUT2D eigenvalue weighted by Crippen LogP contribution is -2.44. The summed E-state index contributed by atoms with van der Waals surface area (Å²) in [4.78, 5) is 15.4.